The van der Waals surface area contributed by atoms with Crippen molar-refractivity contribution in [2.75, 3.05) is 6.54 Å². The van der Waals surface area contributed by atoms with Crippen molar-refractivity contribution in [1.82, 2.24) is 10.6 Å². The molecule has 138 valence electrons. The first kappa shape index (κ1) is 19.5. The number of hydrogen-bond donors (Lipinski definition) is 3. The standard InChI is InChI=1S/C20H25N3O3/c1-15(21)19(24)22-13-18(12-16-8-4-2-5-9-16)23-20(25)26-14-17-10-6-3-7-11-17/h2-11,15,18H,12-14,21H2,1H3,(H,22,24)(H,23,25)/t15-,18?/m1/s1. The van der Waals surface area contributed by atoms with Gasteiger partial charge in [0.05, 0.1) is 12.1 Å². The van der Waals surface area contributed by atoms with Gasteiger partial charge in [-0.1, -0.05) is 60.7 Å². The van der Waals surface area contributed by atoms with E-state index in [2.05, 4.69) is 10.6 Å². The van der Waals surface area contributed by atoms with Gasteiger partial charge in [-0.05, 0) is 24.5 Å². The van der Waals surface area contributed by atoms with Gasteiger partial charge in [-0.3, -0.25) is 4.79 Å². The van der Waals surface area contributed by atoms with E-state index in [0.29, 0.717) is 6.42 Å². The predicted octanol–water partition coefficient (Wildman–Crippen LogP) is 1.99. The van der Waals surface area contributed by atoms with Crippen LogP contribution in [0.2, 0.25) is 0 Å². The highest BCUT2D eigenvalue weighted by Crippen LogP contribution is 2.05. The lowest BCUT2D eigenvalue weighted by Crippen LogP contribution is -2.48. The molecule has 0 saturated carbocycles. The van der Waals surface area contributed by atoms with Crippen LogP contribution in [0, 0.1) is 0 Å². The second kappa shape index (κ2) is 10.2. The second-order valence-electron chi connectivity index (χ2n) is 6.13. The zero-order valence-corrected chi connectivity index (χ0v) is 14.9. The van der Waals surface area contributed by atoms with Crippen LogP contribution in [0.4, 0.5) is 4.79 Å². The summed E-state index contributed by atoms with van der Waals surface area (Å²) in [7, 11) is 0. The topological polar surface area (TPSA) is 93.5 Å². The maximum absolute atomic E-state index is 12.1. The second-order valence-corrected chi connectivity index (χ2v) is 6.13. The summed E-state index contributed by atoms with van der Waals surface area (Å²) in [6.45, 7) is 2.08. The Bertz CT molecular complexity index is 690. The van der Waals surface area contributed by atoms with E-state index in [-0.39, 0.29) is 25.1 Å². The fraction of sp³-hybridized carbons (Fsp3) is 0.300. The van der Waals surface area contributed by atoms with Crippen LogP contribution in [-0.4, -0.2) is 30.6 Å². The minimum Gasteiger partial charge on any atom is -0.445 e. The maximum Gasteiger partial charge on any atom is 0.407 e. The third kappa shape index (κ3) is 6.94. The van der Waals surface area contributed by atoms with E-state index in [1.54, 1.807) is 6.92 Å². The molecule has 26 heavy (non-hydrogen) atoms. The van der Waals surface area contributed by atoms with Crippen molar-refractivity contribution in [3.05, 3.63) is 71.8 Å². The van der Waals surface area contributed by atoms with Gasteiger partial charge in [-0.2, -0.15) is 0 Å². The molecule has 1 unspecified atom stereocenters. The van der Waals surface area contributed by atoms with E-state index >= 15 is 0 Å². The Kier molecular flexibility index (Phi) is 7.64. The van der Waals surface area contributed by atoms with E-state index in [0.717, 1.165) is 11.1 Å². The molecule has 0 aliphatic carbocycles. The Labute approximate surface area is 153 Å². The number of benzene rings is 2. The highest BCUT2D eigenvalue weighted by Gasteiger charge is 2.16. The van der Waals surface area contributed by atoms with Crippen LogP contribution < -0.4 is 16.4 Å². The molecule has 2 atom stereocenters. The summed E-state index contributed by atoms with van der Waals surface area (Å²) in [6, 6.07) is 18.3. The molecule has 6 nitrogen and oxygen atoms in total. The Morgan fingerprint density at radius 3 is 2.15 bits per heavy atom. The smallest absolute Gasteiger partial charge is 0.407 e. The Morgan fingerprint density at radius 1 is 1.00 bits per heavy atom. The lowest BCUT2D eigenvalue weighted by atomic mass is 10.1. The van der Waals surface area contributed by atoms with Gasteiger partial charge >= 0.3 is 6.09 Å². The quantitative estimate of drug-likeness (QED) is 0.675. The monoisotopic (exact) mass is 355 g/mol. The fourth-order valence-corrected chi connectivity index (χ4v) is 2.39. The molecule has 0 spiro atoms. The SMILES string of the molecule is C[C@@H](N)C(=O)NCC(Cc1ccccc1)NC(=O)OCc1ccccc1. The normalized spacial score (nSPS) is 12.7. The molecule has 0 fully saturated rings. The van der Waals surface area contributed by atoms with E-state index in [4.69, 9.17) is 10.5 Å². The molecule has 0 aliphatic rings. The van der Waals surface area contributed by atoms with Crippen LogP contribution >= 0.6 is 0 Å². The maximum atomic E-state index is 12.1. The molecule has 0 radical (unpaired) electrons. The zero-order chi connectivity index (χ0) is 18.8. The van der Waals surface area contributed by atoms with Crippen LogP contribution in [-0.2, 0) is 22.6 Å². The molecular weight excluding hydrogens is 330 g/mol. The molecule has 0 heterocycles. The lowest BCUT2D eigenvalue weighted by molar-refractivity contribution is -0.122. The van der Waals surface area contributed by atoms with Crippen molar-refractivity contribution in [1.29, 1.82) is 0 Å². The Hall–Kier alpha value is -2.86. The van der Waals surface area contributed by atoms with Crippen molar-refractivity contribution in [2.24, 2.45) is 5.73 Å². The number of alkyl carbamates (subject to hydrolysis) is 1. The van der Waals surface area contributed by atoms with Gasteiger partial charge in [0.15, 0.2) is 0 Å². The van der Waals surface area contributed by atoms with Crippen molar-refractivity contribution in [3.63, 3.8) is 0 Å². The van der Waals surface area contributed by atoms with Gasteiger partial charge in [0.25, 0.3) is 0 Å². The summed E-state index contributed by atoms with van der Waals surface area (Å²) in [6.07, 6.45) is 0.0466. The van der Waals surface area contributed by atoms with Crippen LogP contribution in [0.25, 0.3) is 0 Å². The van der Waals surface area contributed by atoms with Crippen molar-refractivity contribution in [2.45, 2.75) is 32.0 Å². The molecule has 2 amide bonds. The third-order valence-corrected chi connectivity index (χ3v) is 3.80. The van der Waals surface area contributed by atoms with Crippen LogP contribution in [0.3, 0.4) is 0 Å². The van der Waals surface area contributed by atoms with E-state index in [9.17, 15) is 9.59 Å². The van der Waals surface area contributed by atoms with Crippen LogP contribution in [0.5, 0.6) is 0 Å². The summed E-state index contributed by atoms with van der Waals surface area (Å²) in [5.74, 6) is -0.262. The summed E-state index contributed by atoms with van der Waals surface area (Å²) in [5, 5.41) is 5.56. The highest BCUT2D eigenvalue weighted by atomic mass is 16.5. The summed E-state index contributed by atoms with van der Waals surface area (Å²) >= 11 is 0. The number of rotatable bonds is 8. The van der Waals surface area contributed by atoms with Crippen LogP contribution in [0.15, 0.2) is 60.7 Å². The molecular formula is C20H25N3O3. The number of ether oxygens (including phenoxy) is 1. The molecule has 4 N–H and O–H groups in total. The molecule has 2 aromatic carbocycles. The first-order valence-electron chi connectivity index (χ1n) is 8.59. The summed E-state index contributed by atoms with van der Waals surface area (Å²) < 4.78 is 5.26. The predicted molar refractivity (Wildman–Crippen MR) is 100 cm³/mol. The molecule has 0 aromatic heterocycles. The number of amides is 2. The molecule has 0 bridgehead atoms. The molecule has 2 aromatic rings. The number of nitrogens with one attached hydrogen (secondary N) is 2. The van der Waals surface area contributed by atoms with Crippen molar-refractivity contribution < 1.29 is 14.3 Å². The van der Waals surface area contributed by atoms with Gasteiger partial charge < -0.3 is 21.1 Å². The van der Waals surface area contributed by atoms with E-state index < -0.39 is 12.1 Å². The van der Waals surface area contributed by atoms with Gasteiger partial charge in [0.2, 0.25) is 5.91 Å². The number of carbonyl (C=O) groups is 2. The van der Waals surface area contributed by atoms with E-state index in [1.807, 2.05) is 60.7 Å². The average molecular weight is 355 g/mol. The molecule has 0 saturated heterocycles. The van der Waals surface area contributed by atoms with Gasteiger partial charge in [-0.25, -0.2) is 4.79 Å². The van der Waals surface area contributed by atoms with Gasteiger partial charge in [-0.15, -0.1) is 0 Å². The molecule has 2 rings (SSSR count). The number of nitrogens with two attached hydrogens (primary N) is 1. The molecule has 0 aliphatic heterocycles. The molecule has 6 heteroatoms. The largest absolute Gasteiger partial charge is 0.445 e. The minimum atomic E-state index is -0.600. The van der Waals surface area contributed by atoms with E-state index in [1.165, 1.54) is 0 Å². The fourth-order valence-electron chi connectivity index (χ4n) is 2.39. The first-order chi connectivity index (χ1) is 12.5. The third-order valence-electron chi connectivity index (χ3n) is 3.80. The van der Waals surface area contributed by atoms with Crippen molar-refractivity contribution >= 4 is 12.0 Å². The summed E-state index contributed by atoms with van der Waals surface area (Å²) in [4.78, 5) is 23.8. The highest BCUT2D eigenvalue weighted by molar-refractivity contribution is 5.81. The average Bonchev–Trinajstić information content (AvgIpc) is 2.65. The van der Waals surface area contributed by atoms with Crippen molar-refractivity contribution in [3.8, 4) is 0 Å². The van der Waals surface area contributed by atoms with Gasteiger partial charge in [0, 0.05) is 6.54 Å². The lowest BCUT2D eigenvalue weighted by Gasteiger charge is -2.20. The van der Waals surface area contributed by atoms with Crippen LogP contribution in [0.1, 0.15) is 18.1 Å². The Morgan fingerprint density at radius 2 is 1.58 bits per heavy atom. The van der Waals surface area contributed by atoms with Gasteiger partial charge in [0.1, 0.15) is 6.61 Å². The Balaban J connectivity index is 1.91. The first-order valence-corrected chi connectivity index (χ1v) is 8.59. The number of hydrogen-bond acceptors (Lipinski definition) is 4. The summed E-state index contributed by atoms with van der Waals surface area (Å²) in [5.41, 5.74) is 7.53. The zero-order valence-electron chi connectivity index (χ0n) is 14.9. The minimum absolute atomic E-state index is 0.191. The number of carbonyl (C=O) groups excluding carboxylic acids is 2.